The summed E-state index contributed by atoms with van der Waals surface area (Å²) in [4.78, 5) is 16.9. The number of rotatable bonds is 5. The fourth-order valence-electron chi connectivity index (χ4n) is 4.14. The van der Waals surface area contributed by atoms with Gasteiger partial charge in [-0.25, -0.2) is 9.37 Å². The molecule has 0 atom stereocenters. The number of fused-ring (bicyclic) bond motifs is 2. The van der Waals surface area contributed by atoms with Gasteiger partial charge in [0.2, 0.25) is 0 Å². The van der Waals surface area contributed by atoms with Crippen molar-refractivity contribution in [2.75, 3.05) is 14.2 Å². The first-order valence-corrected chi connectivity index (χ1v) is 10.8. The highest BCUT2D eigenvalue weighted by molar-refractivity contribution is 5.97. The van der Waals surface area contributed by atoms with Gasteiger partial charge in [0.15, 0.2) is 5.82 Å². The molecule has 0 spiro atoms. The number of halogens is 1. The van der Waals surface area contributed by atoms with E-state index in [1.54, 1.807) is 31.8 Å². The summed E-state index contributed by atoms with van der Waals surface area (Å²) in [6.07, 6.45) is 5.11. The molecule has 0 bridgehead atoms. The fraction of sp³-hybridized carbons (Fsp3) is 0.0769. The van der Waals surface area contributed by atoms with E-state index in [-0.39, 0.29) is 0 Å². The molecule has 0 aliphatic heterocycles. The summed E-state index contributed by atoms with van der Waals surface area (Å²) in [6.45, 7) is 0. The molecule has 0 unspecified atom stereocenters. The molecule has 0 aliphatic rings. The maximum atomic E-state index is 14.2. The second-order valence-corrected chi connectivity index (χ2v) is 7.97. The first-order chi connectivity index (χ1) is 17.1. The van der Waals surface area contributed by atoms with Crippen LogP contribution in [0.15, 0.2) is 67.1 Å². The number of hydrogen-bond acceptors (Lipinski definition) is 6. The average Bonchev–Trinajstić information content (AvgIpc) is 3.51. The Morgan fingerprint density at radius 2 is 1.66 bits per heavy atom. The first kappa shape index (κ1) is 20.8. The Morgan fingerprint density at radius 3 is 2.51 bits per heavy atom. The Morgan fingerprint density at radius 1 is 0.800 bits per heavy atom. The Bertz CT molecular complexity index is 1710. The number of H-pyrrole nitrogens is 2. The molecule has 6 rings (SSSR count). The monoisotopic (exact) mass is 466 g/mol. The number of hydrogen-bond donors (Lipinski definition) is 2. The van der Waals surface area contributed by atoms with E-state index in [9.17, 15) is 4.39 Å². The summed E-state index contributed by atoms with van der Waals surface area (Å²) in [7, 11) is 3.11. The van der Waals surface area contributed by atoms with E-state index in [1.165, 1.54) is 19.2 Å². The van der Waals surface area contributed by atoms with E-state index in [0.29, 0.717) is 39.8 Å². The molecule has 0 amide bonds. The van der Waals surface area contributed by atoms with Gasteiger partial charge in [0.05, 0.1) is 37.1 Å². The molecule has 172 valence electrons. The Hall–Kier alpha value is -4.79. The number of pyridine rings is 2. The van der Waals surface area contributed by atoms with Crippen LogP contribution in [-0.2, 0) is 0 Å². The molecular weight excluding hydrogens is 447 g/mol. The van der Waals surface area contributed by atoms with Gasteiger partial charge in [0, 0.05) is 35.0 Å². The topological polar surface area (TPSA) is 102 Å². The zero-order chi connectivity index (χ0) is 23.9. The van der Waals surface area contributed by atoms with Crippen molar-refractivity contribution in [1.29, 1.82) is 0 Å². The minimum Gasteiger partial charge on any atom is -0.497 e. The van der Waals surface area contributed by atoms with Crippen molar-refractivity contribution in [3.8, 4) is 45.4 Å². The molecule has 8 nitrogen and oxygen atoms in total. The number of benzene rings is 2. The van der Waals surface area contributed by atoms with Crippen LogP contribution in [0.2, 0.25) is 0 Å². The third-order valence-electron chi connectivity index (χ3n) is 5.85. The van der Waals surface area contributed by atoms with Crippen molar-refractivity contribution in [2.45, 2.75) is 0 Å². The van der Waals surface area contributed by atoms with Crippen LogP contribution in [0.3, 0.4) is 0 Å². The molecule has 6 aromatic rings. The predicted octanol–water partition coefficient (Wildman–Crippen LogP) is 5.39. The van der Waals surface area contributed by atoms with E-state index in [1.807, 2.05) is 30.3 Å². The van der Waals surface area contributed by atoms with Gasteiger partial charge in [0.1, 0.15) is 28.5 Å². The lowest BCUT2D eigenvalue weighted by Crippen LogP contribution is -1.90. The summed E-state index contributed by atoms with van der Waals surface area (Å²) in [5.74, 6) is 1.25. The van der Waals surface area contributed by atoms with Crippen LogP contribution in [0.4, 0.5) is 4.39 Å². The largest absolute Gasteiger partial charge is 0.497 e. The van der Waals surface area contributed by atoms with Crippen LogP contribution in [0.1, 0.15) is 0 Å². The molecule has 4 aromatic heterocycles. The number of aromatic amines is 2. The third-order valence-corrected chi connectivity index (χ3v) is 5.85. The summed E-state index contributed by atoms with van der Waals surface area (Å²) >= 11 is 0. The highest BCUT2D eigenvalue weighted by Crippen LogP contribution is 2.33. The third kappa shape index (κ3) is 3.63. The zero-order valence-corrected chi connectivity index (χ0v) is 18.8. The minimum atomic E-state index is -0.410. The number of ether oxygens (including phenoxy) is 2. The number of nitrogens with one attached hydrogen (secondary N) is 2. The quantitative estimate of drug-likeness (QED) is 0.353. The summed E-state index contributed by atoms with van der Waals surface area (Å²) in [5, 5.41) is 8.48. The van der Waals surface area contributed by atoms with Crippen LogP contribution in [-0.4, -0.2) is 44.4 Å². The second-order valence-electron chi connectivity index (χ2n) is 7.97. The number of nitrogens with zero attached hydrogens (tertiary/aromatic N) is 4. The molecule has 0 fully saturated rings. The summed E-state index contributed by atoms with van der Waals surface area (Å²) in [6, 6.07) is 14.2. The first-order valence-electron chi connectivity index (χ1n) is 10.8. The van der Waals surface area contributed by atoms with Gasteiger partial charge in [-0.15, -0.1) is 0 Å². The zero-order valence-electron chi connectivity index (χ0n) is 18.8. The normalized spacial score (nSPS) is 11.3. The molecular formula is C26H19FN6O2. The molecule has 35 heavy (non-hydrogen) atoms. The van der Waals surface area contributed by atoms with E-state index >= 15 is 0 Å². The van der Waals surface area contributed by atoms with Crippen LogP contribution in [0.25, 0.3) is 55.8 Å². The smallest absolute Gasteiger partial charge is 0.159 e. The Balaban J connectivity index is 1.48. The van der Waals surface area contributed by atoms with Gasteiger partial charge in [0.25, 0.3) is 0 Å². The summed E-state index contributed by atoms with van der Waals surface area (Å²) in [5.41, 5.74) is 5.92. The molecule has 2 aromatic carbocycles. The van der Waals surface area contributed by atoms with Gasteiger partial charge >= 0.3 is 0 Å². The maximum absolute atomic E-state index is 14.2. The molecule has 9 heteroatoms. The number of methoxy groups -OCH3 is 2. The maximum Gasteiger partial charge on any atom is 0.159 e. The number of aromatic nitrogens is 6. The molecule has 2 N–H and O–H groups in total. The van der Waals surface area contributed by atoms with Crippen molar-refractivity contribution < 1.29 is 13.9 Å². The van der Waals surface area contributed by atoms with Crippen molar-refractivity contribution in [2.24, 2.45) is 0 Å². The average molecular weight is 466 g/mol. The summed E-state index contributed by atoms with van der Waals surface area (Å²) < 4.78 is 24.7. The van der Waals surface area contributed by atoms with E-state index in [4.69, 9.17) is 14.5 Å². The fourth-order valence-corrected chi connectivity index (χ4v) is 4.14. The lowest BCUT2D eigenvalue weighted by Gasteiger charge is -2.05. The van der Waals surface area contributed by atoms with Crippen molar-refractivity contribution in [3.63, 3.8) is 0 Å². The van der Waals surface area contributed by atoms with E-state index < -0.39 is 5.82 Å². The molecule has 0 radical (unpaired) electrons. The van der Waals surface area contributed by atoms with Crippen molar-refractivity contribution in [1.82, 2.24) is 30.1 Å². The van der Waals surface area contributed by atoms with Crippen molar-refractivity contribution in [3.05, 3.63) is 72.9 Å². The van der Waals surface area contributed by atoms with Gasteiger partial charge in [-0.05, 0) is 42.0 Å². The van der Waals surface area contributed by atoms with E-state index in [0.717, 1.165) is 27.5 Å². The highest BCUT2D eigenvalue weighted by atomic mass is 19.1. The van der Waals surface area contributed by atoms with E-state index in [2.05, 4.69) is 25.1 Å². The highest BCUT2D eigenvalue weighted by Gasteiger charge is 2.17. The second kappa shape index (κ2) is 8.21. The molecule has 4 heterocycles. The van der Waals surface area contributed by atoms with Crippen LogP contribution in [0.5, 0.6) is 11.5 Å². The molecule has 0 saturated heterocycles. The predicted molar refractivity (Wildman–Crippen MR) is 131 cm³/mol. The van der Waals surface area contributed by atoms with Gasteiger partial charge in [-0.2, -0.15) is 5.10 Å². The SMILES string of the molecule is COc1cncc(-c2ccc3[nH]nc(-c4nc5c(-c6cc(F)cc(OC)c6)nccc5[nH]4)c3c2)c1. The van der Waals surface area contributed by atoms with Crippen LogP contribution in [0, 0.1) is 5.82 Å². The lowest BCUT2D eigenvalue weighted by atomic mass is 10.0. The Kier molecular flexibility index (Phi) is 4.88. The van der Waals surface area contributed by atoms with Crippen LogP contribution < -0.4 is 9.47 Å². The molecule has 0 aliphatic carbocycles. The Labute approximate surface area is 198 Å². The van der Waals surface area contributed by atoms with Crippen molar-refractivity contribution >= 4 is 21.9 Å². The van der Waals surface area contributed by atoms with Gasteiger partial charge < -0.3 is 14.5 Å². The van der Waals surface area contributed by atoms with Crippen LogP contribution >= 0.6 is 0 Å². The molecule has 0 saturated carbocycles. The van der Waals surface area contributed by atoms with Gasteiger partial charge in [-0.3, -0.25) is 15.1 Å². The number of imidazole rings is 1. The standard InChI is InChI=1S/C26H19FN6O2/c1-34-18-8-15(7-17(27)11-18)23-25-22(5-6-29-23)30-26(31-25)24-20-10-14(3-4-21(20)32-33-24)16-9-19(35-2)13-28-12-16/h3-13H,1-2H3,(H,30,31)(H,32,33). The lowest BCUT2D eigenvalue weighted by molar-refractivity contribution is 0.411. The minimum absolute atomic E-state index is 0.410. The van der Waals surface area contributed by atoms with Gasteiger partial charge in [-0.1, -0.05) is 6.07 Å².